The van der Waals surface area contributed by atoms with Crippen LogP contribution in [0, 0.1) is 0 Å². The zero-order valence-corrected chi connectivity index (χ0v) is 40.4. The Morgan fingerprint density at radius 1 is 0.459 bits per heavy atom. The Bertz CT molecular complexity index is 1040. The highest BCUT2D eigenvalue weighted by Gasteiger charge is 2.18. The first-order chi connectivity index (χ1) is 30.0. The van der Waals surface area contributed by atoms with Gasteiger partial charge in [0.05, 0.1) is 25.4 Å². The van der Waals surface area contributed by atoms with Crippen LogP contribution in [-0.4, -0.2) is 47.4 Å². The van der Waals surface area contributed by atoms with Crippen molar-refractivity contribution in [2.24, 2.45) is 0 Å². The van der Waals surface area contributed by atoms with E-state index >= 15 is 0 Å². The van der Waals surface area contributed by atoms with Crippen LogP contribution in [0.4, 0.5) is 0 Å². The lowest BCUT2D eigenvalue weighted by Gasteiger charge is -2.20. The van der Waals surface area contributed by atoms with Gasteiger partial charge in [0.15, 0.2) is 0 Å². The van der Waals surface area contributed by atoms with E-state index in [0.29, 0.717) is 19.4 Å². The summed E-state index contributed by atoms with van der Waals surface area (Å²) in [6.07, 6.45) is 62.5. The van der Waals surface area contributed by atoms with Gasteiger partial charge in [-0.15, -0.1) is 0 Å². The van der Waals surface area contributed by atoms with Crippen molar-refractivity contribution in [3.8, 4) is 0 Å². The zero-order valence-electron chi connectivity index (χ0n) is 40.4. The molecule has 356 valence electrons. The molecule has 1 amide bonds. The number of ether oxygens (including phenoxy) is 1. The Morgan fingerprint density at radius 2 is 0.820 bits per heavy atom. The number of unbranched alkanes of at least 4 members (excludes halogenated alkanes) is 31. The van der Waals surface area contributed by atoms with Crippen LogP contribution in [0.5, 0.6) is 0 Å². The number of rotatable bonds is 48. The number of carbonyl (C=O) groups is 2. The van der Waals surface area contributed by atoms with E-state index in [9.17, 15) is 19.8 Å². The lowest BCUT2D eigenvalue weighted by Crippen LogP contribution is -2.45. The fraction of sp³-hybridized carbons (Fsp3) is 0.818. The van der Waals surface area contributed by atoms with E-state index in [-0.39, 0.29) is 18.5 Å². The topological polar surface area (TPSA) is 95.9 Å². The van der Waals surface area contributed by atoms with Crippen molar-refractivity contribution in [3.05, 3.63) is 48.6 Å². The summed E-state index contributed by atoms with van der Waals surface area (Å²) in [7, 11) is 0. The zero-order chi connectivity index (χ0) is 44.4. The molecule has 0 radical (unpaired) electrons. The third-order valence-corrected chi connectivity index (χ3v) is 11.8. The average Bonchev–Trinajstić information content (AvgIpc) is 3.26. The van der Waals surface area contributed by atoms with E-state index in [4.69, 9.17) is 4.74 Å². The largest absolute Gasteiger partial charge is 0.466 e. The Balaban J connectivity index is 3.49. The van der Waals surface area contributed by atoms with E-state index in [1.54, 1.807) is 6.08 Å². The standard InChI is InChI=1S/C55H101NO5/c1-3-5-7-9-11-13-15-17-21-25-29-33-37-41-45-49-55(60)61-50-46-42-38-34-30-26-23-20-18-19-22-24-28-32-36-40-44-48-54(59)56-52(51-57)53(58)47-43-39-35-31-27-16-14-12-10-8-6-4-2/h11,13,17-18,20-21,43,47,52-53,57-58H,3-10,12,14-16,19,22-42,44-46,48-51H2,1-2H3,(H,56,59)/b13-11-,20-18-,21-17-,47-43+. The van der Waals surface area contributed by atoms with E-state index in [1.165, 1.54) is 173 Å². The van der Waals surface area contributed by atoms with Crippen LogP contribution < -0.4 is 5.32 Å². The maximum Gasteiger partial charge on any atom is 0.305 e. The van der Waals surface area contributed by atoms with Gasteiger partial charge < -0.3 is 20.3 Å². The van der Waals surface area contributed by atoms with Crippen LogP contribution in [-0.2, 0) is 14.3 Å². The van der Waals surface area contributed by atoms with Gasteiger partial charge in [0.25, 0.3) is 0 Å². The normalized spacial score (nSPS) is 13.0. The van der Waals surface area contributed by atoms with Gasteiger partial charge in [-0.1, -0.05) is 210 Å². The fourth-order valence-corrected chi connectivity index (χ4v) is 7.71. The SMILES string of the molecule is CCCCC/C=C\C/C=C\CCCCCCCC(=O)OCCCCCCCC/C=C\CCCCCCCCCC(=O)NC(CO)C(O)/C=C/CCCCCCCCCCCC. The number of hydrogen-bond acceptors (Lipinski definition) is 5. The number of carbonyl (C=O) groups excluding carboxylic acids is 2. The molecule has 0 rings (SSSR count). The van der Waals surface area contributed by atoms with Gasteiger partial charge in [0.1, 0.15) is 0 Å². The van der Waals surface area contributed by atoms with E-state index in [2.05, 4.69) is 55.6 Å². The average molecular weight is 856 g/mol. The molecule has 0 bridgehead atoms. The van der Waals surface area contributed by atoms with Gasteiger partial charge >= 0.3 is 5.97 Å². The van der Waals surface area contributed by atoms with Crippen molar-refractivity contribution in [2.45, 2.75) is 276 Å². The molecule has 2 unspecified atom stereocenters. The maximum absolute atomic E-state index is 12.4. The van der Waals surface area contributed by atoms with Gasteiger partial charge in [-0.25, -0.2) is 0 Å². The lowest BCUT2D eigenvalue weighted by atomic mass is 10.1. The molecule has 0 aliphatic heterocycles. The summed E-state index contributed by atoms with van der Waals surface area (Å²) in [4.78, 5) is 24.4. The number of nitrogens with one attached hydrogen (secondary N) is 1. The predicted octanol–water partition coefficient (Wildman–Crippen LogP) is 15.8. The maximum atomic E-state index is 12.4. The van der Waals surface area contributed by atoms with Gasteiger partial charge in [0.2, 0.25) is 5.91 Å². The van der Waals surface area contributed by atoms with Crippen molar-refractivity contribution in [3.63, 3.8) is 0 Å². The third-order valence-electron chi connectivity index (χ3n) is 11.8. The van der Waals surface area contributed by atoms with Crippen LogP contribution in [0.1, 0.15) is 264 Å². The molecular weight excluding hydrogens is 755 g/mol. The van der Waals surface area contributed by atoms with Crippen molar-refractivity contribution in [1.29, 1.82) is 0 Å². The molecule has 0 aliphatic carbocycles. The minimum absolute atomic E-state index is 0.0177. The molecule has 0 spiro atoms. The first-order valence-electron chi connectivity index (χ1n) is 26.4. The molecule has 61 heavy (non-hydrogen) atoms. The summed E-state index contributed by atoms with van der Waals surface area (Å²) in [5.41, 5.74) is 0. The highest BCUT2D eigenvalue weighted by atomic mass is 16.5. The second-order valence-corrected chi connectivity index (χ2v) is 17.8. The summed E-state index contributed by atoms with van der Waals surface area (Å²) in [6.45, 7) is 4.83. The second-order valence-electron chi connectivity index (χ2n) is 17.8. The van der Waals surface area contributed by atoms with Gasteiger partial charge in [-0.2, -0.15) is 0 Å². The highest BCUT2D eigenvalue weighted by molar-refractivity contribution is 5.76. The number of hydrogen-bond donors (Lipinski definition) is 3. The smallest absolute Gasteiger partial charge is 0.305 e. The van der Waals surface area contributed by atoms with Crippen molar-refractivity contribution < 1.29 is 24.5 Å². The molecule has 0 aliphatic rings. The molecule has 0 heterocycles. The van der Waals surface area contributed by atoms with Crippen LogP contribution in [0.3, 0.4) is 0 Å². The molecule has 6 heteroatoms. The highest BCUT2D eigenvalue weighted by Crippen LogP contribution is 2.14. The summed E-state index contributed by atoms with van der Waals surface area (Å²) < 4.78 is 5.45. The van der Waals surface area contributed by atoms with Crippen molar-refractivity contribution in [1.82, 2.24) is 5.32 Å². The molecule has 0 fully saturated rings. The third kappa shape index (κ3) is 47.1. The molecule has 0 saturated heterocycles. The van der Waals surface area contributed by atoms with Crippen LogP contribution >= 0.6 is 0 Å². The minimum atomic E-state index is -0.852. The molecular formula is C55H101NO5. The Labute approximate surface area is 378 Å². The van der Waals surface area contributed by atoms with E-state index in [1.807, 2.05) is 6.08 Å². The Morgan fingerprint density at radius 3 is 1.30 bits per heavy atom. The van der Waals surface area contributed by atoms with Crippen molar-refractivity contribution >= 4 is 11.9 Å². The fourth-order valence-electron chi connectivity index (χ4n) is 7.71. The summed E-state index contributed by atoms with van der Waals surface area (Å²) in [6, 6.07) is -0.637. The molecule has 0 aromatic rings. The summed E-state index contributed by atoms with van der Waals surface area (Å²) in [5.74, 6) is -0.100. The quantitative estimate of drug-likeness (QED) is 0.0322. The van der Waals surface area contributed by atoms with Crippen LogP contribution in [0.2, 0.25) is 0 Å². The number of amides is 1. The number of aliphatic hydroxyl groups is 2. The second kappa shape index (κ2) is 50.5. The van der Waals surface area contributed by atoms with E-state index in [0.717, 1.165) is 64.2 Å². The van der Waals surface area contributed by atoms with Crippen LogP contribution in [0.15, 0.2) is 48.6 Å². The van der Waals surface area contributed by atoms with E-state index < -0.39 is 12.1 Å². The molecule has 0 aromatic heterocycles. The molecule has 0 aromatic carbocycles. The molecule has 0 saturated carbocycles. The van der Waals surface area contributed by atoms with Crippen LogP contribution in [0.25, 0.3) is 0 Å². The number of aliphatic hydroxyl groups excluding tert-OH is 2. The number of allylic oxidation sites excluding steroid dienone is 7. The molecule has 2 atom stereocenters. The Kier molecular flexibility index (Phi) is 48.7. The van der Waals surface area contributed by atoms with Gasteiger partial charge in [0, 0.05) is 12.8 Å². The van der Waals surface area contributed by atoms with Gasteiger partial charge in [-0.3, -0.25) is 9.59 Å². The summed E-state index contributed by atoms with van der Waals surface area (Å²) >= 11 is 0. The monoisotopic (exact) mass is 856 g/mol. The lowest BCUT2D eigenvalue weighted by molar-refractivity contribution is -0.143. The Hall–Kier alpha value is -2.18. The molecule has 3 N–H and O–H groups in total. The predicted molar refractivity (Wildman–Crippen MR) is 264 cm³/mol. The first-order valence-corrected chi connectivity index (χ1v) is 26.4. The van der Waals surface area contributed by atoms with Gasteiger partial charge in [-0.05, 0) is 89.9 Å². The number of esters is 1. The summed E-state index contributed by atoms with van der Waals surface area (Å²) in [5, 5.41) is 23.0. The first kappa shape index (κ1) is 58.8. The minimum Gasteiger partial charge on any atom is -0.466 e. The molecule has 6 nitrogen and oxygen atoms in total. The van der Waals surface area contributed by atoms with Crippen molar-refractivity contribution in [2.75, 3.05) is 13.2 Å².